The highest BCUT2D eigenvalue weighted by Gasteiger charge is 2.45. The van der Waals surface area contributed by atoms with Gasteiger partial charge in [0, 0.05) is 13.1 Å². The summed E-state index contributed by atoms with van der Waals surface area (Å²) in [4.78, 5) is 15.5. The molecule has 0 spiro atoms. The molecule has 4 heteroatoms. The van der Waals surface area contributed by atoms with E-state index in [4.69, 9.17) is 0 Å². The Labute approximate surface area is 152 Å². The van der Waals surface area contributed by atoms with Crippen LogP contribution < -0.4 is 5.32 Å². The van der Waals surface area contributed by atoms with Gasteiger partial charge in [0.1, 0.15) is 0 Å². The third-order valence-electron chi connectivity index (χ3n) is 5.90. The van der Waals surface area contributed by atoms with Crippen molar-refractivity contribution in [2.45, 2.75) is 50.4 Å². The molecule has 1 aromatic carbocycles. The largest absolute Gasteiger partial charge is 0.342 e. The molecule has 2 fully saturated rings. The van der Waals surface area contributed by atoms with Crippen molar-refractivity contribution in [3.8, 4) is 0 Å². The number of hydrogen-bond acceptors (Lipinski definition) is 2. The predicted octanol–water partition coefficient (Wildman–Crippen LogP) is 3.77. The first kappa shape index (κ1) is 19.3. The first-order chi connectivity index (χ1) is 11.3. The van der Waals surface area contributed by atoms with Gasteiger partial charge in [-0.2, -0.15) is 0 Å². The molecule has 1 saturated carbocycles. The molecule has 1 aliphatic carbocycles. The van der Waals surface area contributed by atoms with Gasteiger partial charge in [-0.15, -0.1) is 12.4 Å². The standard InChI is InChI=1S/C20H30N2O.ClH/c1-21-14-9-17-10-15-22(16-11-17)19(23)20(12-5-6-13-20)18-7-3-2-4-8-18;/h2-4,7-8,17,21H,5-6,9-16H2,1H3;1H. The number of nitrogens with zero attached hydrogens (tertiary/aromatic N) is 1. The van der Waals surface area contributed by atoms with E-state index in [1.165, 1.54) is 24.8 Å². The molecule has 1 saturated heterocycles. The highest BCUT2D eigenvalue weighted by atomic mass is 35.5. The van der Waals surface area contributed by atoms with Crippen LogP contribution in [-0.2, 0) is 10.2 Å². The fraction of sp³-hybridized carbons (Fsp3) is 0.650. The van der Waals surface area contributed by atoms with Crippen molar-refractivity contribution in [1.29, 1.82) is 0 Å². The lowest BCUT2D eigenvalue weighted by Crippen LogP contribution is -2.48. The quantitative estimate of drug-likeness (QED) is 0.876. The van der Waals surface area contributed by atoms with E-state index < -0.39 is 0 Å². The zero-order chi connectivity index (χ0) is 16.1. The van der Waals surface area contributed by atoms with Crippen molar-refractivity contribution in [1.82, 2.24) is 10.2 Å². The molecule has 1 amide bonds. The lowest BCUT2D eigenvalue weighted by atomic mass is 9.77. The van der Waals surface area contributed by atoms with Crippen molar-refractivity contribution in [2.75, 3.05) is 26.7 Å². The Kier molecular flexibility index (Phi) is 7.12. The summed E-state index contributed by atoms with van der Waals surface area (Å²) in [6, 6.07) is 10.5. The van der Waals surface area contributed by atoms with Gasteiger partial charge in [-0.25, -0.2) is 0 Å². The zero-order valence-electron chi connectivity index (χ0n) is 14.8. The van der Waals surface area contributed by atoms with E-state index in [1.54, 1.807) is 0 Å². The van der Waals surface area contributed by atoms with Crippen LogP contribution in [0.5, 0.6) is 0 Å². The smallest absolute Gasteiger partial charge is 0.233 e. The van der Waals surface area contributed by atoms with Crippen molar-refractivity contribution < 1.29 is 4.79 Å². The lowest BCUT2D eigenvalue weighted by molar-refractivity contribution is -0.138. The Balaban J connectivity index is 0.00000208. The maximum atomic E-state index is 13.4. The minimum atomic E-state index is -0.237. The van der Waals surface area contributed by atoms with E-state index in [-0.39, 0.29) is 17.8 Å². The second-order valence-corrected chi connectivity index (χ2v) is 7.28. The Bertz CT molecular complexity index is 506. The van der Waals surface area contributed by atoms with Crippen molar-refractivity contribution >= 4 is 18.3 Å². The van der Waals surface area contributed by atoms with Gasteiger partial charge in [-0.1, -0.05) is 43.2 Å². The lowest BCUT2D eigenvalue weighted by Gasteiger charge is -2.39. The summed E-state index contributed by atoms with van der Waals surface area (Å²) in [5, 5.41) is 3.24. The number of likely N-dealkylation sites (tertiary alicyclic amines) is 1. The number of amides is 1. The van der Waals surface area contributed by atoms with Gasteiger partial charge in [0.15, 0.2) is 0 Å². The van der Waals surface area contributed by atoms with Crippen LogP contribution in [0, 0.1) is 5.92 Å². The predicted molar refractivity (Wildman–Crippen MR) is 102 cm³/mol. The molecular formula is C20H31ClN2O. The summed E-state index contributed by atoms with van der Waals surface area (Å²) >= 11 is 0. The van der Waals surface area contributed by atoms with E-state index in [9.17, 15) is 4.79 Å². The first-order valence-electron chi connectivity index (χ1n) is 9.26. The Morgan fingerprint density at radius 3 is 2.38 bits per heavy atom. The van der Waals surface area contributed by atoms with Crippen LogP contribution in [0.3, 0.4) is 0 Å². The normalized spacial score (nSPS) is 20.6. The van der Waals surface area contributed by atoms with Crippen LogP contribution in [0.2, 0.25) is 0 Å². The molecule has 1 N–H and O–H groups in total. The van der Waals surface area contributed by atoms with Gasteiger partial charge in [0.25, 0.3) is 0 Å². The van der Waals surface area contributed by atoms with Gasteiger partial charge in [-0.3, -0.25) is 4.79 Å². The van der Waals surface area contributed by atoms with Gasteiger partial charge in [-0.05, 0) is 57.2 Å². The van der Waals surface area contributed by atoms with E-state index >= 15 is 0 Å². The van der Waals surface area contributed by atoms with Gasteiger partial charge >= 0.3 is 0 Å². The van der Waals surface area contributed by atoms with Crippen LogP contribution in [-0.4, -0.2) is 37.5 Å². The van der Waals surface area contributed by atoms with Crippen molar-refractivity contribution in [2.24, 2.45) is 5.92 Å². The average Bonchev–Trinajstić information content (AvgIpc) is 3.11. The summed E-state index contributed by atoms with van der Waals surface area (Å²) < 4.78 is 0. The molecule has 3 rings (SSSR count). The number of nitrogens with one attached hydrogen (secondary N) is 1. The molecule has 0 atom stereocenters. The van der Waals surface area contributed by atoms with Crippen molar-refractivity contribution in [3.63, 3.8) is 0 Å². The fourth-order valence-corrected chi connectivity index (χ4v) is 4.44. The molecule has 1 heterocycles. The molecule has 3 nitrogen and oxygen atoms in total. The summed E-state index contributed by atoms with van der Waals surface area (Å²) in [7, 11) is 2.02. The zero-order valence-corrected chi connectivity index (χ0v) is 15.6. The molecule has 0 bridgehead atoms. The van der Waals surface area contributed by atoms with Crippen LogP contribution >= 0.6 is 12.4 Å². The van der Waals surface area contributed by atoms with Crippen LogP contribution in [0.1, 0.15) is 50.5 Å². The van der Waals surface area contributed by atoms with E-state index in [0.717, 1.165) is 51.2 Å². The van der Waals surface area contributed by atoms with E-state index in [1.807, 2.05) is 13.1 Å². The maximum Gasteiger partial charge on any atom is 0.233 e. The molecule has 0 unspecified atom stereocenters. The molecule has 134 valence electrons. The Morgan fingerprint density at radius 1 is 1.17 bits per heavy atom. The van der Waals surface area contributed by atoms with Crippen molar-refractivity contribution in [3.05, 3.63) is 35.9 Å². The Hall–Kier alpha value is -1.06. The number of halogens is 1. The van der Waals surface area contributed by atoms with Crippen LogP contribution in [0.25, 0.3) is 0 Å². The minimum absolute atomic E-state index is 0. The molecule has 2 aliphatic rings. The van der Waals surface area contributed by atoms with Gasteiger partial charge in [0.05, 0.1) is 5.41 Å². The monoisotopic (exact) mass is 350 g/mol. The third kappa shape index (κ3) is 3.94. The molecule has 24 heavy (non-hydrogen) atoms. The second-order valence-electron chi connectivity index (χ2n) is 7.28. The van der Waals surface area contributed by atoms with Gasteiger partial charge < -0.3 is 10.2 Å². The maximum absolute atomic E-state index is 13.4. The summed E-state index contributed by atoms with van der Waals surface area (Å²) in [6.45, 7) is 2.98. The highest BCUT2D eigenvalue weighted by molar-refractivity contribution is 5.88. The molecule has 1 aliphatic heterocycles. The summed E-state index contributed by atoms with van der Waals surface area (Å²) in [5.41, 5.74) is 0.999. The molecule has 0 radical (unpaired) electrons. The SMILES string of the molecule is CNCCC1CCN(C(=O)C2(c3ccccc3)CCCC2)CC1.Cl. The first-order valence-corrected chi connectivity index (χ1v) is 9.26. The number of piperidine rings is 1. The Morgan fingerprint density at radius 2 is 1.79 bits per heavy atom. The minimum Gasteiger partial charge on any atom is -0.342 e. The summed E-state index contributed by atoms with van der Waals surface area (Å²) in [5.74, 6) is 1.18. The van der Waals surface area contributed by atoms with E-state index in [0.29, 0.717) is 5.91 Å². The summed E-state index contributed by atoms with van der Waals surface area (Å²) in [6.07, 6.45) is 7.97. The number of hydrogen-bond donors (Lipinski definition) is 1. The highest BCUT2D eigenvalue weighted by Crippen LogP contribution is 2.43. The molecule has 0 aromatic heterocycles. The number of carbonyl (C=O) groups excluding carboxylic acids is 1. The van der Waals surface area contributed by atoms with Crippen LogP contribution in [0.15, 0.2) is 30.3 Å². The second kappa shape index (κ2) is 8.87. The van der Waals surface area contributed by atoms with Gasteiger partial charge in [0.2, 0.25) is 5.91 Å². The average molecular weight is 351 g/mol. The molecular weight excluding hydrogens is 320 g/mol. The number of carbonyl (C=O) groups is 1. The molecule has 1 aromatic rings. The fourth-order valence-electron chi connectivity index (χ4n) is 4.44. The van der Waals surface area contributed by atoms with Crippen LogP contribution in [0.4, 0.5) is 0 Å². The topological polar surface area (TPSA) is 32.3 Å². The number of rotatable bonds is 5. The third-order valence-corrected chi connectivity index (χ3v) is 5.90. The number of benzene rings is 1. The van der Waals surface area contributed by atoms with E-state index in [2.05, 4.69) is 34.5 Å².